The summed E-state index contributed by atoms with van der Waals surface area (Å²) in [6, 6.07) is 4.30. The molecule has 1 aliphatic heterocycles. The molecule has 2 aromatic rings. The summed E-state index contributed by atoms with van der Waals surface area (Å²) in [5.74, 6) is 0.770. The fourth-order valence-corrected chi connectivity index (χ4v) is 3.51. The second-order valence-electron chi connectivity index (χ2n) is 6.38. The molecule has 0 radical (unpaired) electrons. The van der Waals surface area contributed by atoms with E-state index in [1.807, 2.05) is 6.20 Å². The van der Waals surface area contributed by atoms with Crippen molar-refractivity contribution in [2.75, 3.05) is 13.1 Å². The first kappa shape index (κ1) is 12.4. The number of aromatic nitrogens is 2. The first-order valence-corrected chi connectivity index (χ1v) is 8.09. The zero-order chi connectivity index (χ0) is 13.4. The molecule has 1 saturated carbocycles. The van der Waals surface area contributed by atoms with E-state index in [-0.39, 0.29) is 0 Å². The van der Waals surface area contributed by atoms with Crippen LogP contribution >= 0.6 is 0 Å². The molecule has 0 amide bonds. The summed E-state index contributed by atoms with van der Waals surface area (Å²) in [5, 5.41) is 1.35. The Labute approximate surface area is 120 Å². The van der Waals surface area contributed by atoms with Crippen LogP contribution in [0.25, 0.3) is 11.0 Å². The van der Waals surface area contributed by atoms with Gasteiger partial charge in [-0.25, -0.2) is 4.98 Å². The van der Waals surface area contributed by atoms with Gasteiger partial charge < -0.3 is 4.98 Å². The van der Waals surface area contributed by atoms with Gasteiger partial charge in [0.2, 0.25) is 0 Å². The molecule has 2 fully saturated rings. The Morgan fingerprint density at radius 3 is 2.70 bits per heavy atom. The van der Waals surface area contributed by atoms with E-state index in [0.717, 1.165) is 18.1 Å². The van der Waals surface area contributed by atoms with Gasteiger partial charge in [-0.2, -0.15) is 0 Å². The Kier molecular flexibility index (Phi) is 3.23. The van der Waals surface area contributed by atoms with Gasteiger partial charge in [-0.05, 0) is 62.4 Å². The van der Waals surface area contributed by atoms with Gasteiger partial charge in [-0.15, -0.1) is 0 Å². The third-order valence-corrected chi connectivity index (χ3v) is 4.78. The molecule has 0 unspecified atom stereocenters. The van der Waals surface area contributed by atoms with E-state index in [2.05, 4.69) is 27.0 Å². The Morgan fingerprint density at radius 2 is 1.95 bits per heavy atom. The smallest absolute Gasteiger partial charge is 0.137 e. The van der Waals surface area contributed by atoms with E-state index < -0.39 is 0 Å². The highest BCUT2D eigenvalue weighted by atomic mass is 15.1. The third-order valence-electron chi connectivity index (χ3n) is 4.78. The molecule has 1 aliphatic carbocycles. The van der Waals surface area contributed by atoms with E-state index in [9.17, 15) is 0 Å². The van der Waals surface area contributed by atoms with E-state index in [0.29, 0.717) is 0 Å². The van der Waals surface area contributed by atoms with Crippen LogP contribution in [0.3, 0.4) is 0 Å². The summed E-state index contributed by atoms with van der Waals surface area (Å²) in [6.07, 6.45) is 10.1. The number of aromatic amines is 1. The van der Waals surface area contributed by atoms with Crippen LogP contribution in [0, 0.1) is 0 Å². The van der Waals surface area contributed by atoms with E-state index in [1.165, 1.54) is 68.3 Å². The minimum absolute atomic E-state index is 0.770. The average Bonchev–Trinajstić information content (AvgIpc) is 3.28. The largest absolute Gasteiger partial charge is 0.343 e. The maximum atomic E-state index is 4.51. The van der Waals surface area contributed by atoms with Crippen molar-refractivity contribution in [3.05, 3.63) is 29.6 Å². The zero-order valence-corrected chi connectivity index (χ0v) is 12.1. The van der Waals surface area contributed by atoms with Crippen molar-refractivity contribution in [3.63, 3.8) is 0 Å². The van der Waals surface area contributed by atoms with Crippen molar-refractivity contribution in [2.45, 2.75) is 51.0 Å². The van der Waals surface area contributed by atoms with Crippen LogP contribution in [0.15, 0.2) is 18.3 Å². The molecular weight excluding hydrogens is 246 g/mol. The monoisotopic (exact) mass is 269 g/mol. The van der Waals surface area contributed by atoms with Crippen LogP contribution < -0.4 is 0 Å². The fourth-order valence-electron chi connectivity index (χ4n) is 3.51. The van der Waals surface area contributed by atoms with Crippen molar-refractivity contribution in [1.82, 2.24) is 14.9 Å². The number of nitrogens with one attached hydrogen (secondary N) is 1. The molecule has 0 atom stereocenters. The maximum Gasteiger partial charge on any atom is 0.137 e. The normalized spacial score (nSPS) is 21.2. The van der Waals surface area contributed by atoms with Crippen LogP contribution in [0.2, 0.25) is 0 Å². The number of pyridine rings is 1. The number of likely N-dealkylation sites (tertiary alicyclic amines) is 1. The molecule has 1 N–H and O–H groups in total. The molecule has 2 aliphatic rings. The van der Waals surface area contributed by atoms with Crippen LogP contribution in [0.1, 0.15) is 55.7 Å². The molecule has 0 bridgehead atoms. The summed E-state index contributed by atoms with van der Waals surface area (Å²) in [4.78, 5) is 10.8. The Hall–Kier alpha value is -1.35. The molecule has 3 heterocycles. The Balaban J connectivity index is 1.67. The van der Waals surface area contributed by atoms with Crippen LogP contribution in [-0.2, 0) is 6.54 Å². The van der Waals surface area contributed by atoms with Crippen molar-refractivity contribution in [2.24, 2.45) is 0 Å². The lowest BCUT2D eigenvalue weighted by Crippen LogP contribution is -2.24. The van der Waals surface area contributed by atoms with Gasteiger partial charge in [0, 0.05) is 23.8 Å². The van der Waals surface area contributed by atoms with Crippen LogP contribution in [0.4, 0.5) is 0 Å². The van der Waals surface area contributed by atoms with Gasteiger partial charge >= 0.3 is 0 Å². The molecule has 2 aromatic heterocycles. The standard InChI is InChI=1S/C17H23N3/c1-2-4-11-20(10-3-1)12-15-14-6-5-9-18-17(14)19-16(15)13-7-8-13/h5-6,9,13H,1-4,7-8,10-12H2,(H,18,19). The van der Waals surface area contributed by atoms with E-state index >= 15 is 0 Å². The molecule has 20 heavy (non-hydrogen) atoms. The number of nitrogens with zero attached hydrogens (tertiary/aromatic N) is 2. The summed E-state index contributed by atoms with van der Waals surface area (Å²) in [6.45, 7) is 3.63. The predicted octanol–water partition coefficient (Wildman–Crippen LogP) is 3.82. The van der Waals surface area contributed by atoms with Crippen molar-refractivity contribution < 1.29 is 0 Å². The number of H-pyrrole nitrogens is 1. The lowest BCUT2D eigenvalue weighted by molar-refractivity contribution is 0.277. The quantitative estimate of drug-likeness (QED) is 0.918. The second-order valence-corrected chi connectivity index (χ2v) is 6.38. The van der Waals surface area contributed by atoms with Gasteiger partial charge in [-0.1, -0.05) is 12.8 Å². The molecule has 3 nitrogen and oxygen atoms in total. The van der Waals surface area contributed by atoms with Crippen molar-refractivity contribution in [1.29, 1.82) is 0 Å². The van der Waals surface area contributed by atoms with Crippen LogP contribution in [0.5, 0.6) is 0 Å². The highest BCUT2D eigenvalue weighted by Crippen LogP contribution is 2.43. The number of hydrogen-bond acceptors (Lipinski definition) is 2. The number of fused-ring (bicyclic) bond motifs is 1. The third kappa shape index (κ3) is 2.35. The molecule has 0 spiro atoms. The Bertz CT molecular complexity index is 589. The SMILES string of the molecule is c1cnc2[nH]c(C3CC3)c(CN3CCCCCC3)c2c1. The molecule has 0 aromatic carbocycles. The molecule has 106 valence electrons. The fraction of sp³-hybridized carbons (Fsp3) is 0.588. The second kappa shape index (κ2) is 5.21. The molecular formula is C17H23N3. The predicted molar refractivity (Wildman–Crippen MR) is 81.8 cm³/mol. The molecule has 1 saturated heterocycles. The lowest BCUT2D eigenvalue weighted by Gasteiger charge is -2.20. The van der Waals surface area contributed by atoms with E-state index in [1.54, 1.807) is 0 Å². The Morgan fingerprint density at radius 1 is 1.15 bits per heavy atom. The first-order chi connectivity index (χ1) is 9.92. The summed E-state index contributed by atoms with van der Waals surface area (Å²) >= 11 is 0. The summed E-state index contributed by atoms with van der Waals surface area (Å²) < 4.78 is 0. The number of hydrogen-bond donors (Lipinski definition) is 1. The minimum Gasteiger partial charge on any atom is -0.343 e. The van der Waals surface area contributed by atoms with Gasteiger partial charge in [0.25, 0.3) is 0 Å². The van der Waals surface area contributed by atoms with E-state index in [4.69, 9.17) is 0 Å². The topological polar surface area (TPSA) is 31.9 Å². The van der Waals surface area contributed by atoms with Crippen LogP contribution in [-0.4, -0.2) is 28.0 Å². The van der Waals surface area contributed by atoms with Gasteiger partial charge in [0.05, 0.1) is 0 Å². The summed E-state index contributed by atoms with van der Waals surface area (Å²) in [7, 11) is 0. The first-order valence-electron chi connectivity index (χ1n) is 8.09. The maximum absolute atomic E-state index is 4.51. The molecule has 3 heteroatoms. The highest BCUT2D eigenvalue weighted by Gasteiger charge is 2.29. The van der Waals surface area contributed by atoms with Crippen molar-refractivity contribution in [3.8, 4) is 0 Å². The zero-order valence-electron chi connectivity index (χ0n) is 12.1. The molecule has 4 rings (SSSR count). The average molecular weight is 269 g/mol. The summed E-state index contributed by atoms with van der Waals surface area (Å²) in [5.41, 5.74) is 4.08. The van der Waals surface area contributed by atoms with Gasteiger partial charge in [0.15, 0.2) is 0 Å². The van der Waals surface area contributed by atoms with Crippen molar-refractivity contribution >= 4 is 11.0 Å². The van der Waals surface area contributed by atoms with Gasteiger partial charge in [0.1, 0.15) is 5.65 Å². The highest BCUT2D eigenvalue weighted by molar-refractivity contribution is 5.81. The minimum atomic E-state index is 0.770. The number of rotatable bonds is 3. The van der Waals surface area contributed by atoms with Gasteiger partial charge in [-0.3, -0.25) is 4.90 Å². The lowest BCUT2D eigenvalue weighted by atomic mass is 10.1.